The molecule has 2 aromatic carbocycles. The van der Waals surface area contributed by atoms with E-state index in [0.29, 0.717) is 30.2 Å². The molecule has 0 saturated heterocycles. The second kappa shape index (κ2) is 8.41. The molecule has 1 unspecified atom stereocenters. The predicted octanol–water partition coefficient (Wildman–Crippen LogP) is 3.69. The number of hydrogen-bond acceptors (Lipinski definition) is 5. The molecule has 1 N–H and O–H groups in total. The molecule has 30 heavy (non-hydrogen) atoms. The number of hydrogen-bond donors (Lipinski definition) is 1. The van der Waals surface area contributed by atoms with E-state index in [1.165, 1.54) is 5.56 Å². The molecule has 0 radical (unpaired) electrons. The van der Waals surface area contributed by atoms with Crippen molar-refractivity contribution in [1.29, 1.82) is 0 Å². The summed E-state index contributed by atoms with van der Waals surface area (Å²) in [6, 6.07) is 17.7. The number of nitrogens with one attached hydrogen (secondary N) is 1. The number of para-hydroxylation sites is 1. The zero-order chi connectivity index (χ0) is 21.1. The molecule has 0 aliphatic carbocycles. The quantitative estimate of drug-likeness (QED) is 0.680. The van der Waals surface area contributed by atoms with Gasteiger partial charge < -0.3 is 14.9 Å². The summed E-state index contributed by atoms with van der Waals surface area (Å²) in [5.74, 6) is 0.926. The topological polar surface area (TPSA) is 77.7 Å². The van der Waals surface area contributed by atoms with E-state index in [2.05, 4.69) is 40.7 Å². The van der Waals surface area contributed by atoms with Crippen LogP contribution in [-0.4, -0.2) is 34.6 Å². The fraction of sp³-hybridized carbons (Fsp3) is 0.261. The van der Waals surface area contributed by atoms with Gasteiger partial charge in [0.15, 0.2) is 5.82 Å². The third-order valence-corrected chi connectivity index (χ3v) is 5.03. The van der Waals surface area contributed by atoms with Gasteiger partial charge in [-0.1, -0.05) is 47.1 Å². The lowest BCUT2D eigenvalue weighted by Crippen LogP contribution is -2.28. The van der Waals surface area contributed by atoms with Gasteiger partial charge in [0.1, 0.15) is 5.75 Å². The minimum Gasteiger partial charge on any atom is -0.496 e. The Hall–Kier alpha value is -3.61. The van der Waals surface area contributed by atoms with Gasteiger partial charge in [-0.25, -0.2) is 0 Å². The van der Waals surface area contributed by atoms with Crippen molar-refractivity contribution < 1.29 is 14.4 Å². The summed E-state index contributed by atoms with van der Waals surface area (Å²) in [5, 5.41) is 11.5. The molecule has 1 amide bonds. The largest absolute Gasteiger partial charge is 0.496 e. The molecule has 1 aromatic heterocycles. The van der Waals surface area contributed by atoms with Crippen LogP contribution in [0.2, 0.25) is 0 Å². The Kier molecular flexibility index (Phi) is 5.52. The first-order valence-electron chi connectivity index (χ1n) is 9.80. The molecule has 4 rings (SSSR count). The van der Waals surface area contributed by atoms with Gasteiger partial charge in [0, 0.05) is 23.7 Å². The molecular formula is C23H24N4O3. The second-order valence-electron chi connectivity index (χ2n) is 7.34. The normalized spacial score (nSPS) is 15.4. The van der Waals surface area contributed by atoms with Crippen molar-refractivity contribution in [2.24, 2.45) is 5.16 Å². The Morgan fingerprint density at radius 3 is 2.83 bits per heavy atom. The molecule has 1 aliphatic heterocycles. The van der Waals surface area contributed by atoms with Crippen LogP contribution in [0.5, 0.6) is 5.75 Å². The zero-order valence-electron chi connectivity index (χ0n) is 17.3. The fourth-order valence-corrected chi connectivity index (χ4v) is 3.48. The van der Waals surface area contributed by atoms with Gasteiger partial charge in [0.05, 0.1) is 19.4 Å². The standard InChI is InChI=1S/C23H24N4O3/c1-15-7-6-8-17(11-15)14-27-16(2)12-22(25-27)24-23(28)21-13-19(26-30-21)18-9-4-5-10-20(18)29-3/h4-12,21H,13-14H2,1-3H3,(H,24,25,28). The van der Waals surface area contributed by atoms with E-state index < -0.39 is 6.10 Å². The highest BCUT2D eigenvalue weighted by Crippen LogP contribution is 2.25. The van der Waals surface area contributed by atoms with E-state index in [9.17, 15) is 4.79 Å². The second-order valence-corrected chi connectivity index (χ2v) is 7.34. The first-order valence-corrected chi connectivity index (χ1v) is 9.80. The molecule has 0 saturated carbocycles. The van der Waals surface area contributed by atoms with E-state index in [1.54, 1.807) is 7.11 Å². The summed E-state index contributed by atoms with van der Waals surface area (Å²) >= 11 is 0. The van der Waals surface area contributed by atoms with Crippen molar-refractivity contribution >= 4 is 17.4 Å². The number of anilines is 1. The maximum atomic E-state index is 12.7. The number of carbonyl (C=O) groups excluding carboxylic acids is 1. The van der Waals surface area contributed by atoms with Crippen LogP contribution in [0.25, 0.3) is 0 Å². The van der Waals surface area contributed by atoms with Gasteiger partial charge in [0.25, 0.3) is 5.91 Å². The number of benzene rings is 2. The van der Waals surface area contributed by atoms with Crippen LogP contribution in [-0.2, 0) is 16.2 Å². The smallest absolute Gasteiger partial charge is 0.269 e. The van der Waals surface area contributed by atoms with Crippen LogP contribution >= 0.6 is 0 Å². The summed E-state index contributed by atoms with van der Waals surface area (Å²) in [5.41, 5.74) is 4.84. The van der Waals surface area contributed by atoms with Crippen LogP contribution in [0, 0.1) is 13.8 Å². The highest BCUT2D eigenvalue weighted by molar-refractivity contribution is 6.07. The lowest BCUT2D eigenvalue weighted by Gasteiger charge is -2.08. The van der Waals surface area contributed by atoms with Gasteiger partial charge >= 0.3 is 0 Å². The van der Waals surface area contributed by atoms with Crippen LogP contribution in [0.3, 0.4) is 0 Å². The van der Waals surface area contributed by atoms with E-state index in [1.807, 2.05) is 48.0 Å². The van der Waals surface area contributed by atoms with Crippen molar-refractivity contribution in [2.45, 2.75) is 32.9 Å². The van der Waals surface area contributed by atoms with Gasteiger partial charge in [-0.05, 0) is 31.5 Å². The molecule has 2 heterocycles. The van der Waals surface area contributed by atoms with Crippen molar-refractivity contribution in [3.63, 3.8) is 0 Å². The Bertz CT molecular complexity index is 1100. The number of carbonyl (C=O) groups is 1. The molecule has 1 atom stereocenters. The number of methoxy groups -OCH3 is 1. The molecule has 1 aliphatic rings. The number of aryl methyl sites for hydroxylation is 2. The molecule has 3 aromatic rings. The average Bonchev–Trinajstić information content (AvgIpc) is 3.35. The molecule has 7 heteroatoms. The van der Waals surface area contributed by atoms with E-state index in [-0.39, 0.29) is 5.91 Å². The minimum absolute atomic E-state index is 0.274. The lowest BCUT2D eigenvalue weighted by atomic mass is 10.0. The Morgan fingerprint density at radius 1 is 1.20 bits per heavy atom. The number of rotatable bonds is 6. The Balaban J connectivity index is 1.40. The number of aromatic nitrogens is 2. The highest BCUT2D eigenvalue weighted by atomic mass is 16.6. The number of oxime groups is 1. The third-order valence-electron chi connectivity index (χ3n) is 5.03. The van der Waals surface area contributed by atoms with Crippen LogP contribution in [0.15, 0.2) is 59.8 Å². The molecular weight excluding hydrogens is 380 g/mol. The van der Waals surface area contributed by atoms with E-state index >= 15 is 0 Å². The highest BCUT2D eigenvalue weighted by Gasteiger charge is 2.30. The van der Waals surface area contributed by atoms with Crippen molar-refractivity contribution in [3.8, 4) is 5.75 Å². The first-order chi connectivity index (χ1) is 14.5. The van der Waals surface area contributed by atoms with Crippen LogP contribution < -0.4 is 10.1 Å². The van der Waals surface area contributed by atoms with E-state index in [4.69, 9.17) is 9.57 Å². The maximum Gasteiger partial charge on any atom is 0.269 e. The molecule has 0 bridgehead atoms. The molecule has 0 spiro atoms. The summed E-state index contributed by atoms with van der Waals surface area (Å²) in [6.45, 7) is 4.67. The molecule has 0 fully saturated rings. The van der Waals surface area contributed by atoms with Gasteiger partial charge in [-0.15, -0.1) is 0 Å². The molecule has 7 nitrogen and oxygen atoms in total. The predicted molar refractivity (Wildman–Crippen MR) is 115 cm³/mol. The third kappa shape index (κ3) is 4.20. The Labute approximate surface area is 175 Å². The number of nitrogens with zero attached hydrogens (tertiary/aromatic N) is 3. The van der Waals surface area contributed by atoms with E-state index in [0.717, 1.165) is 16.8 Å². The van der Waals surface area contributed by atoms with Gasteiger partial charge in [-0.3, -0.25) is 9.48 Å². The van der Waals surface area contributed by atoms with Crippen LogP contribution in [0.4, 0.5) is 5.82 Å². The minimum atomic E-state index is -0.702. The van der Waals surface area contributed by atoms with Gasteiger partial charge in [-0.2, -0.15) is 5.10 Å². The molecule has 154 valence electrons. The summed E-state index contributed by atoms with van der Waals surface area (Å²) in [6.07, 6.45) is -0.331. The summed E-state index contributed by atoms with van der Waals surface area (Å²) < 4.78 is 7.24. The number of amides is 1. The van der Waals surface area contributed by atoms with Crippen LogP contribution in [0.1, 0.15) is 28.8 Å². The van der Waals surface area contributed by atoms with Crippen molar-refractivity contribution in [3.05, 3.63) is 77.0 Å². The lowest BCUT2D eigenvalue weighted by molar-refractivity contribution is -0.125. The first kappa shape index (κ1) is 19.7. The monoisotopic (exact) mass is 404 g/mol. The number of ether oxygens (including phenoxy) is 1. The summed E-state index contributed by atoms with van der Waals surface area (Å²) in [4.78, 5) is 18.1. The maximum absolute atomic E-state index is 12.7. The summed E-state index contributed by atoms with van der Waals surface area (Å²) in [7, 11) is 1.61. The van der Waals surface area contributed by atoms with Crippen molar-refractivity contribution in [2.75, 3.05) is 12.4 Å². The van der Waals surface area contributed by atoms with Crippen molar-refractivity contribution in [1.82, 2.24) is 9.78 Å². The SMILES string of the molecule is COc1ccccc1C1=NOC(C(=O)Nc2cc(C)n(Cc3cccc(C)c3)n2)C1. The zero-order valence-corrected chi connectivity index (χ0v) is 17.3. The fourth-order valence-electron chi connectivity index (χ4n) is 3.48. The average molecular weight is 404 g/mol. The van der Waals surface area contributed by atoms with Gasteiger partial charge in [0.2, 0.25) is 6.10 Å². The Morgan fingerprint density at radius 2 is 2.03 bits per heavy atom.